The monoisotopic (exact) mass is 305 g/mol. The van der Waals surface area contributed by atoms with Crippen LogP contribution in [0.15, 0.2) is 34.3 Å². The van der Waals surface area contributed by atoms with Gasteiger partial charge in [0, 0.05) is 5.69 Å². The predicted octanol–water partition coefficient (Wildman–Crippen LogP) is 0.595. The molecule has 1 atom stereocenters. The zero-order valence-corrected chi connectivity index (χ0v) is 12.2. The van der Waals surface area contributed by atoms with Gasteiger partial charge in [-0.25, -0.2) is 0 Å². The number of anilines is 1. The van der Waals surface area contributed by atoms with E-state index in [-0.39, 0.29) is 23.5 Å². The van der Waals surface area contributed by atoms with Crippen molar-refractivity contribution < 1.29 is 9.59 Å². The molecule has 0 saturated heterocycles. The minimum absolute atomic E-state index is 0.0197. The second-order valence-corrected chi connectivity index (χ2v) is 5.66. The Bertz CT molecular complexity index is 620. The van der Waals surface area contributed by atoms with Crippen LogP contribution in [0.5, 0.6) is 0 Å². The van der Waals surface area contributed by atoms with E-state index in [0.717, 1.165) is 17.3 Å². The molecule has 1 aromatic rings. The average molecular weight is 305 g/mol. The van der Waals surface area contributed by atoms with Crippen LogP contribution in [0.25, 0.3) is 0 Å². The zero-order valence-electron chi connectivity index (χ0n) is 11.4. The average Bonchev–Trinajstić information content (AvgIpc) is 2.40. The molecule has 0 fully saturated rings. The summed E-state index contributed by atoms with van der Waals surface area (Å²) < 4.78 is 0. The SMILES string of the molecule is Cc1ccc(NC(=O)C2CC(=O)N=C(N=C(N)N)S2)cc1. The first-order valence-electron chi connectivity index (χ1n) is 6.19. The number of aliphatic imine (C=N–C) groups is 2. The third kappa shape index (κ3) is 4.32. The van der Waals surface area contributed by atoms with Crippen LogP contribution in [0.1, 0.15) is 12.0 Å². The topological polar surface area (TPSA) is 123 Å². The van der Waals surface area contributed by atoms with Gasteiger partial charge in [0.2, 0.25) is 11.8 Å². The molecule has 1 heterocycles. The number of benzene rings is 1. The maximum Gasteiger partial charge on any atom is 0.249 e. The first kappa shape index (κ1) is 15.0. The number of carbonyl (C=O) groups is 2. The van der Waals surface area contributed by atoms with Gasteiger partial charge in [-0.15, -0.1) is 0 Å². The van der Waals surface area contributed by atoms with Crippen LogP contribution in [-0.2, 0) is 9.59 Å². The fourth-order valence-electron chi connectivity index (χ4n) is 1.67. The Morgan fingerprint density at radius 3 is 2.67 bits per heavy atom. The molecule has 0 radical (unpaired) electrons. The van der Waals surface area contributed by atoms with Gasteiger partial charge in [0.15, 0.2) is 11.1 Å². The van der Waals surface area contributed by atoms with Gasteiger partial charge in [-0.1, -0.05) is 29.5 Å². The highest BCUT2D eigenvalue weighted by molar-refractivity contribution is 8.15. The van der Waals surface area contributed by atoms with Crippen LogP contribution >= 0.6 is 11.8 Å². The van der Waals surface area contributed by atoms with Gasteiger partial charge in [0.1, 0.15) is 5.25 Å². The number of rotatable bonds is 2. The third-order valence-corrected chi connectivity index (χ3v) is 3.72. The highest BCUT2D eigenvalue weighted by Gasteiger charge is 2.29. The van der Waals surface area contributed by atoms with Gasteiger partial charge in [0.05, 0.1) is 6.42 Å². The smallest absolute Gasteiger partial charge is 0.249 e. The lowest BCUT2D eigenvalue weighted by Crippen LogP contribution is -2.32. The lowest BCUT2D eigenvalue weighted by atomic mass is 10.2. The summed E-state index contributed by atoms with van der Waals surface area (Å²) in [6, 6.07) is 7.38. The van der Waals surface area contributed by atoms with E-state index >= 15 is 0 Å². The Morgan fingerprint density at radius 2 is 2.05 bits per heavy atom. The quantitative estimate of drug-likeness (QED) is 0.545. The molecule has 1 unspecified atom stereocenters. The van der Waals surface area contributed by atoms with Crippen LogP contribution < -0.4 is 16.8 Å². The van der Waals surface area contributed by atoms with Gasteiger partial charge in [0.25, 0.3) is 0 Å². The number of guanidine groups is 1. The standard InChI is InChI=1S/C13H15N5O2S/c1-7-2-4-8(5-3-7)16-11(20)9-6-10(19)17-13(21-9)18-12(14)15/h2-5,9H,6H2,1H3,(H,16,20)(H4,14,15,17,18,19). The number of hydrogen-bond donors (Lipinski definition) is 3. The van der Waals surface area contributed by atoms with E-state index in [1.807, 2.05) is 19.1 Å². The Morgan fingerprint density at radius 1 is 1.38 bits per heavy atom. The predicted molar refractivity (Wildman–Crippen MR) is 84.1 cm³/mol. The van der Waals surface area contributed by atoms with E-state index in [9.17, 15) is 9.59 Å². The number of carbonyl (C=O) groups excluding carboxylic acids is 2. The Kier molecular flexibility index (Phi) is 4.59. The van der Waals surface area contributed by atoms with Gasteiger partial charge < -0.3 is 16.8 Å². The Labute approximate surface area is 125 Å². The molecule has 21 heavy (non-hydrogen) atoms. The molecule has 5 N–H and O–H groups in total. The molecule has 2 amide bonds. The number of amidine groups is 1. The second kappa shape index (κ2) is 6.40. The summed E-state index contributed by atoms with van der Waals surface area (Å²) in [6.07, 6.45) is 0.0197. The highest BCUT2D eigenvalue weighted by atomic mass is 32.2. The van der Waals surface area contributed by atoms with Crippen molar-refractivity contribution in [3.05, 3.63) is 29.8 Å². The van der Waals surface area contributed by atoms with Crippen molar-refractivity contribution in [3.8, 4) is 0 Å². The molecule has 1 aliphatic heterocycles. The van der Waals surface area contributed by atoms with Crippen LogP contribution in [0, 0.1) is 6.92 Å². The summed E-state index contributed by atoms with van der Waals surface area (Å²) in [7, 11) is 0. The Hall–Kier alpha value is -2.35. The number of aryl methyl sites for hydroxylation is 1. The number of nitrogens with zero attached hydrogens (tertiary/aromatic N) is 2. The zero-order chi connectivity index (χ0) is 15.4. The van der Waals surface area contributed by atoms with E-state index in [0.29, 0.717) is 5.69 Å². The van der Waals surface area contributed by atoms with E-state index in [1.54, 1.807) is 12.1 Å². The van der Waals surface area contributed by atoms with Crippen LogP contribution in [0.4, 0.5) is 5.69 Å². The molecule has 0 saturated carbocycles. The normalized spacial score (nSPS) is 17.9. The Balaban J connectivity index is 2.06. The minimum Gasteiger partial charge on any atom is -0.370 e. The van der Waals surface area contributed by atoms with E-state index in [2.05, 4.69) is 15.3 Å². The molecule has 8 heteroatoms. The maximum atomic E-state index is 12.2. The van der Waals surface area contributed by atoms with Gasteiger partial charge >= 0.3 is 0 Å². The highest BCUT2D eigenvalue weighted by Crippen LogP contribution is 2.24. The van der Waals surface area contributed by atoms with Gasteiger partial charge in [-0.2, -0.15) is 9.98 Å². The molecular formula is C13H15N5O2S. The fourth-order valence-corrected chi connectivity index (χ4v) is 2.63. The first-order chi connectivity index (χ1) is 9.94. The van der Waals surface area contributed by atoms with Crippen molar-refractivity contribution in [3.63, 3.8) is 0 Å². The van der Waals surface area contributed by atoms with Crippen LogP contribution in [0.3, 0.4) is 0 Å². The van der Waals surface area contributed by atoms with Crippen molar-refractivity contribution in [2.75, 3.05) is 5.32 Å². The van der Waals surface area contributed by atoms with Crippen molar-refractivity contribution in [2.45, 2.75) is 18.6 Å². The van der Waals surface area contributed by atoms with Crippen molar-refractivity contribution in [1.29, 1.82) is 0 Å². The molecule has 7 nitrogen and oxygen atoms in total. The van der Waals surface area contributed by atoms with Gasteiger partial charge in [-0.05, 0) is 19.1 Å². The molecule has 0 aromatic heterocycles. The molecule has 110 valence electrons. The molecule has 2 rings (SSSR count). The minimum atomic E-state index is -0.602. The van der Waals surface area contributed by atoms with Crippen LogP contribution in [-0.4, -0.2) is 28.2 Å². The third-order valence-electron chi connectivity index (χ3n) is 2.66. The first-order valence-corrected chi connectivity index (χ1v) is 7.07. The summed E-state index contributed by atoms with van der Waals surface area (Å²) >= 11 is 1.06. The van der Waals surface area contributed by atoms with Crippen LogP contribution in [0.2, 0.25) is 0 Å². The summed E-state index contributed by atoms with van der Waals surface area (Å²) in [5, 5.41) is 2.26. The molecule has 0 spiro atoms. The summed E-state index contributed by atoms with van der Waals surface area (Å²) in [5.41, 5.74) is 12.3. The van der Waals surface area contributed by atoms with Crippen molar-refractivity contribution in [1.82, 2.24) is 0 Å². The molecular weight excluding hydrogens is 290 g/mol. The van der Waals surface area contributed by atoms with E-state index in [4.69, 9.17) is 11.5 Å². The van der Waals surface area contributed by atoms with E-state index in [1.165, 1.54) is 0 Å². The lowest BCUT2D eigenvalue weighted by molar-refractivity contribution is -0.121. The number of hydrogen-bond acceptors (Lipinski definition) is 4. The molecule has 1 aromatic carbocycles. The van der Waals surface area contributed by atoms with Crippen molar-refractivity contribution >= 4 is 40.4 Å². The van der Waals surface area contributed by atoms with Crippen molar-refractivity contribution in [2.24, 2.45) is 21.5 Å². The summed E-state index contributed by atoms with van der Waals surface area (Å²) in [5.74, 6) is -0.901. The molecule has 0 aliphatic carbocycles. The fraction of sp³-hybridized carbons (Fsp3) is 0.231. The number of thioether (sulfide) groups is 1. The molecule has 1 aliphatic rings. The number of nitrogens with two attached hydrogens (primary N) is 2. The number of amides is 2. The summed E-state index contributed by atoms with van der Waals surface area (Å²) in [4.78, 5) is 31.1. The van der Waals surface area contributed by atoms with Gasteiger partial charge in [-0.3, -0.25) is 9.59 Å². The lowest BCUT2D eigenvalue weighted by Gasteiger charge is -2.18. The molecule has 0 bridgehead atoms. The largest absolute Gasteiger partial charge is 0.370 e. The second-order valence-electron chi connectivity index (χ2n) is 4.49. The summed E-state index contributed by atoms with van der Waals surface area (Å²) in [6.45, 7) is 1.96. The number of nitrogens with one attached hydrogen (secondary N) is 1. The maximum absolute atomic E-state index is 12.2. The van der Waals surface area contributed by atoms with E-state index < -0.39 is 11.2 Å².